The van der Waals surface area contributed by atoms with Crippen molar-refractivity contribution in [1.82, 2.24) is 9.21 Å². The second-order valence-electron chi connectivity index (χ2n) is 6.73. The van der Waals surface area contributed by atoms with Crippen LogP contribution in [0.5, 0.6) is 0 Å². The molecule has 1 aromatic rings. The molecule has 126 valence electrons. The molecule has 2 aliphatic rings. The van der Waals surface area contributed by atoms with E-state index in [0.717, 1.165) is 31.5 Å². The third kappa shape index (κ3) is 3.75. The molecule has 0 bridgehead atoms. The standard InChI is InChI=1S/C17H24N2O3S/c1-14-11-19(23(21,22)13-14)12-15-6-5-7-16(10-15)17(20)18-8-3-2-4-9-18/h5-7,10,14H,2-4,8-9,11-13H2,1H3. The minimum Gasteiger partial charge on any atom is -0.339 e. The average molecular weight is 336 g/mol. The molecule has 2 aliphatic heterocycles. The van der Waals surface area contributed by atoms with E-state index in [1.165, 1.54) is 10.7 Å². The van der Waals surface area contributed by atoms with Gasteiger partial charge in [0.15, 0.2) is 0 Å². The van der Waals surface area contributed by atoms with Gasteiger partial charge in [-0.1, -0.05) is 19.1 Å². The van der Waals surface area contributed by atoms with Gasteiger partial charge >= 0.3 is 0 Å². The van der Waals surface area contributed by atoms with Gasteiger partial charge in [0.05, 0.1) is 5.75 Å². The molecule has 1 atom stereocenters. The maximum absolute atomic E-state index is 12.6. The molecule has 2 saturated heterocycles. The van der Waals surface area contributed by atoms with E-state index in [4.69, 9.17) is 0 Å². The molecular weight excluding hydrogens is 312 g/mol. The molecule has 0 aliphatic carbocycles. The predicted molar refractivity (Wildman–Crippen MR) is 89.6 cm³/mol. The predicted octanol–water partition coefficient (Wildman–Crippen LogP) is 2.09. The fourth-order valence-electron chi connectivity index (χ4n) is 3.43. The Morgan fingerprint density at radius 1 is 1.22 bits per heavy atom. The Morgan fingerprint density at radius 3 is 2.61 bits per heavy atom. The van der Waals surface area contributed by atoms with Crippen LogP contribution in [-0.2, 0) is 16.6 Å². The SMILES string of the molecule is CC1CN(Cc2cccc(C(=O)N3CCCCC3)c2)S(=O)(=O)C1. The lowest BCUT2D eigenvalue weighted by molar-refractivity contribution is 0.0724. The maximum atomic E-state index is 12.6. The highest BCUT2D eigenvalue weighted by Crippen LogP contribution is 2.22. The number of amides is 1. The molecule has 3 rings (SSSR count). The summed E-state index contributed by atoms with van der Waals surface area (Å²) in [7, 11) is -3.15. The number of benzene rings is 1. The number of piperidine rings is 1. The third-order valence-electron chi connectivity index (χ3n) is 4.58. The molecule has 0 aromatic heterocycles. The number of likely N-dealkylation sites (tertiary alicyclic amines) is 1. The number of nitrogens with zero attached hydrogens (tertiary/aromatic N) is 2. The van der Waals surface area contributed by atoms with Crippen LogP contribution in [0.4, 0.5) is 0 Å². The number of hydrogen-bond acceptors (Lipinski definition) is 3. The zero-order valence-corrected chi connectivity index (χ0v) is 14.4. The van der Waals surface area contributed by atoms with E-state index in [1.54, 1.807) is 0 Å². The van der Waals surface area contributed by atoms with Gasteiger partial charge in [-0.25, -0.2) is 8.42 Å². The summed E-state index contributed by atoms with van der Waals surface area (Å²) in [5.41, 5.74) is 1.54. The molecular formula is C17H24N2O3S. The maximum Gasteiger partial charge on any atom is 0.253 e. The van der Waals surface area contributed by atoms with Gasteiger partial charge in [0.2, 0.25) is 10.0 Å². The van der Waals surface area contributed by atoms with Crippen molar-refractivity contribution in [3.63, 3.8) is 0 Å². The van der Waals surface area contributed by atoms with E-state index < -0.39 is 10.0 Å². The molecule has 0 saturated carbocycles. The van der Waals surface area contributed by atoms with Crippen molar-refractivity contribution in [2.24, 2.45) is 5.92 Å². The topological polar surface area (TPSA) is 57.7 Å². The summed E-state index contributed by atoms with van der Waals surface area (Å²) in [6.45, 7) is 4.51. The Labute approximate surface area is 138 Å². The van der Waals surface area contributed by atoms with Gasteiger partial charge in [-0.05, 0) is 42.9 Å². The molecule has 6 heteroatoms. The molecule has 0 spiro atoms. The number of hydrogen-bond donors (Lipinski definition) is 0. The first kappa shape index (κ1) is 16.5. The van der Waals surface area contributed by atoms with Gasteiger partial charge < -0.3 is 4.90 Å². The number of rotatable bonds is 3. The largest absolute Gasteiger partial charge is 0.339 e. The smallest absolute Gasteiger partial charge is 0.253 e. The minimum absolute atomic E-state index is 0.0594. The Morgan fingerprint density at radius 2 is 1.96 bits per heavy atom. The van der Waals surface area contributed by atoms with Crippen LogP contribution in [0.15, 0.2) is 24.3 Å². The van der Waals surface area contributed by atoms with Gasteiger partial charge in [-0.15, -0.1) is 0 Å². The Hall–Kier alpha value is -1.40. The zero-order chi connectivity index (χ0) is 16.4. The molecule has 1 amide bonds. The molecule has 1 unspecified atom stereocenters. The van der Waals surface area contributed by atoms with Gasteiger partial charge in [0.25, 0.3) is 5.91 Å². The van der Waals surface area contributed by atoms with Crippen LogP contribution in [0.2, 0.25) is 0 Å². The second kappa shape index (κ2) is 6.61. The quantitative estimate of drug-likeness (QED) is 0.849. The monoisotopic (exact) mass is 336 g/mol. The highest BCUT2D eigenvalue weighted by Gasteiger charge is 2.33. The molecule has 0 N–H and O–H groups in total. The van der Waals surface area contributed by atoms with Gasteiger partial charge in [-0.3, -0.25) is 4.79 Å². The lowest BCUT2D eigenvalue weighted by atomic mass is 10.1. The Balaban J connectivity index is 1.73. The van der Waals surface area contributed by atoms with Crippen LogP contribution < -0.4 is 0 Å². The van der Waals surface area contributed by atoms with E-state index in [1.807, 2.05) is 36.1 Å². The summed E-state index contributed by atoms with van der Waals surface area (Å²) in [6.07, 6.45) is 3.32. The molecule has 5 nitrogen and oxygen atoms in total. The van der Waals surface area contributed by atoms with Crippen LogP contribution in [0.1, 0.15) is 42.1 Å². The summed E-state index contributed by atoms with van der Waals surface area (Å²) < 4.78 is 25.7. The van der Waals surface area contributed by atoms with E-state index in [-0.39, 0.29) is 17.6 Å². The molecule has 0 radical (unpaired) electrons. The third-order valence-corrected chi connectivity index (χ3v) is 6.64. The van der Waals surface area contributed by atoms with Gasteiger partial charge in [-0.2, -0.15) is 4.31 Å². The first-order chi connectivity index (χ1) is 11.0. The average Bonchev–Trinajstić information content (AvgIpc) is 2.79. The normalized spacial score (nSPS) is 24.7. The van der Waals surface area contributed by atoms with E-state index >= 15 is 0 Å². The van der Waals surface area contributed by atoms with Crippen LogP contribution in [-0.4, -0.2) is 48.9 Å². The Kier molecular flexibility index (Phi) is 4.73. The van der Waals surface area contributed by atoms with Crippen molar-refractivity contribution >= 4 is 15.9 Å². The molecule has 23 heavy (non-hydrogen) atoms. The van der Waals surface area contributed by atoms with E-state index in [2.05, 4.69) is 0 Å². The molecule has 2 fully saturated rings. The van der Waals surface area contributed by atoms with Crippen molar-refractivity contribution in [3.05, 3.63) is 35.4 Å². The van der Waals surface area contributed by atoms with Crippen molar-refractivity contribution in [2.45, 2.75) is 32.7 Å². The second-order valence-corrected chi connectivity index (χ2v) is 8.74. The van der Waals surface area contributed by atoms with E-state index in [0.29, 0.717) is 18.7 Å². The fourth-order valence-corrected chi connectivity index (χ4v) is 5.29. The van der Waals surface area contributed by atoms with Crippen molar-refractivity contribution in [1.29, 1.82) is 0 Å². The van der Waals surface area contributed by atoms with Crippen LogP contribution >= 0.6 is 0 Å². The first-order valence-electron chi connectivity index (χ1n) is 8.32. The van der Waals surface area contributed by atoms with Gasteiger partial charge in [0.1, 0.15) is 0 Å². The molecule has 1 aromatic carbocycles. The fraction of sp³-hybridized carbons (Fsp3) is 0.588. The van der Waals surface area contributed by atoms with Crippen LogP contribution in [0, 0.1) is 5.92 Å². The summed E-state index contributed by atoms with van der Waals surface area (Å²) in [4.78, 5) is 14.5. The Bertz CT molecular complexity index is 681. The lowest BCUT2D eigenvalue weighted by Crippen LogP contribution is -2.35. The zero-order valence-electron chi connectivity index (χ0n) is 13.6. The summed E-state index contributed by atoms with van der Waals surface area (Å²) in [5, 5.41) is 0. The molecule has 2 heterocycles. The number of sulfonamides is 1. The summed E-state index contributed by atoms with van der Waals surface area (Å²) in [5.74, 6) is 0.446. The highest BCUT2D eigenvalue weighted by molar-refractivity contribution is 7.89. The summed E-state index contributed by atoms with van der Waals surface area (Å²) >= 11 is 0. The van der Waals surface area contributed by atoms with Crippen molar-refractivity contribution in [2.75, 3.05) is 25.4 Å². The van der Waals surface area contributed by atoms with Gasteiger partial charge in [0, 0.05) is 31.7 Å². The van der Waals surface area contributed by atoms with Crippen molar-refractivity contribution in [3.8, 4) is 0 Å². The first-order valence-corrected chi connectivity index (χ1v) is 9.93. The highest BCUT2D eigenvalue weighted by atomic mass is 32.2. The van der Waals surface area contributed by atoms with Crippen LogP contribution in [0.25, 0.3) is 0 Å². The minimum atomic E-state index is -3.15. The summed E-state index contributed by atoms with van der Waals surface area (Å²) in [6, 6.07) is 7.40. The van der Waals surface area contributed by atoms with Crippen molar-refractivity contribution < 1.29 is 13.2 Å². The van der Waals surface area contributed by atoms with Crippen LogP contribution in [0.3, 0.4) is 0 Å². The number of carbonyl (C=O) groups is 1. The number of carbonyl (C=O) groups excluding carboxylic acids is 1. The lowest BCUT2D eigenvalue weighted by Gasteiger charge is -2.27. The van der Waals surface area contributed by atoms with E-state index in [9.17, 15) is 13.2 Å².